The van der Waals surface area contributed by atoms with E-state index in [2.05, 4.69) is 26.1 Å². The van der Waals surface area contributed by atoms with Gasteiger partial charge in [0.25, 0.3) is 0 Å². The second-order valence-corrected chi connectivity index (χ2v) is 6.58. The maximum Gasteiger partial charge on any atom is 0.223 e. The Morgan fingerprint density at radius 1 is 1.37 bits per heavy atom. The summed E-state index contributed by atoms with van der Waals surface area (Å²) in [5.74, 6) is 1.84. The minimum atomic E-state index is -0.591. The van der Waals surface area contributed by atoms with E-state index < -0.39 is 6.10 Å². The summed E-state index contributed by atoms with van der Waals surface area (Å²) in [6, 6.07) is -0.387. The molecule has 0 aromatic heterocycles. The highest BCUT2D eigenvalue weighted by Crippen LogP contribution is 2.37. The molecular formula is C15H30N2O2. The number of amides is 1. The van der Waals surface area contributed by atoms with Crippen LogP contribution >= 0.6 is 0 Å². The third-order valence-corrected chi connectivity index (χ3v) is 4.49. The molecule has 4 N–H and O–H groups in total. The summed E-state index contributed by atoms with van der Waals surface area (Å²) < 4.78 is 0. The molecule has 0 aliphatic heterocycles. The molecule has 0 aromatic rings. The maximum absolute atomic E-state index is 12.3. The molecule has 0 aromatic carbocycles. The molecule has 4 nitrogen and oxygen atoms in total. The van der Waals surface area contributed by atoms with Gasteiger partial charge in [0.1, 0.15) is 0 Å². The Labute approximate surface area is 117 Å². The van der Waals surface area contributed by atoms with Gasteiger partial charge in [-0.05, 0) is 37.5 Å². The number of aliphatic hydroxyl groups is 1. The number of rotatable bonds is 5. The number of hydrogen-bond acceptors (Lipinski definition) is 3. The van der Waals surface area contributed by atoms with Gasteiger partial charge >= 0.3 is 0 Å². The van der Waals surface area contributed by atoms with Gasteiger partial charge in [-0.2, -0.15) is 0 Å². The van der Waals surface area contributed by atoms with Crippen molar-refractivity contribution in [2.75, 3.05) is 6.54 Å². The lowest BCUT2D eigenvalue weighted by Crippen LogP contribution is -2.47. The molecule has 0 heterocycles. The molecule has 4 heteroatoms. The number of carbonyl (C=O) groups is 1. The van der Waals surface area contributed by atoms with Gasteiger partial charge in [-0.3, -0.25) is 4.79 Å². The van der Waals surface area contributed by atoms with E-state index in [9.17, 15) is 9.90 Å². The Balaban J connectivity index is 2.56. The Kier molecular flexibility index (Phi) is 6.27. The van der Waals surface area contributed by atoms with Crippen LogP contribution in [-0.4, -0.2) is 29.7 Å². The second-order valence-electron chi connectivity index (χ2n) is 6.58. The van der Waals surface area contributed by atoms with Crippen molar-refractivity contribution in [3.8, 4) is 0 Å². The Hall–Kier alpha value is -0.610. The molecule has 1 aliphatic rings. The van der Waals surface area contributed by atoms with E-state index in [1.54, 1.807) is 6.92 Å². The number of aliphatic hydroxyl groups excluding tert-OH is 1. The van der Waals surface area contributed by atoms with Crippen molar-refractivity contribution in [3.05, 3.63) is 0 Å². The van der Waals surface area contributed by atoms with Crippen LogP contribution in [0.15, 0.2) is 0 Å². The van der Waals surface area contributed by atoms with Crippen molar-refractivity contribution in [3.63, 3.8) is 0 Å². The summed E-state index contributed by atoms with van der Waals surface area (Å²) in [5.41, 5.74) is 5.75. The van der Waals surface area contributed by atoms with Crippen molar-refractivity contribution in [2.24, 2.45) is 29.4 Å². The van der Waals surface area contributed by atoms with Crippen LogP contribution in [0, 0.1) is 23.7 Å². The van der Waals surface area contributed by atoms with Gasteiger partial charge in [0.15, 0.2) is 0 Å². The van der Waals surface area contributed by atoms with Crippen LogP contribution in [0.25, 0.3) is 0 Å². The lowest BCUT2D eigenvalue weighted by molar-refractivity contribution is -0.129. The van der Waals surface area contributed by atoms with Crippen LogP contribution < -0.4 is 11.1 Å². The summed E-state index contributed by atoms with van der Waals surface area (Å²) in [7, 11) is 0. The highest BCUT2D eigenvalue weighted by Gasteiger charge is 2.35. The van der Waals surface area contributed by atoms with E-state index in [-0.39, 0.29) is 17.9 Å². The monoisotopic (exact) mass is 270 g/mol. The van der Waals surface area contributed by atoms with Gasteiger partial charge in [0, 0.05) is 18.5 Å². The molecule has 0 radical (unpaired) electrons. The van der Waals surface area contributed by atoms with Crippen molar-refractivity contribution < 1.29 is 9.90 Å². The molecule has 0 saturated heterocycles. The molecule has 1 unspecified atom stereocenters. The number of nitrogens with one attached hydrogen (secondary N) is 1. The minimum Gasteiger partial charge on any atom is -0.392 e. The fourth-order valence-corrected chi connectivity index (χ4v) is 3.02. The Bertz CT molecular complexity index is 292. The zero-order valence-corrected chi connectivity index (χ0v) is 12.7. The topological polar surface area (TPSA) is 75.4 Å². The van der Waals surface area contributed by atoms with Gasteiger partial charge in [0.05, 0.1) is 6.10 Å². The predicted molar refractivity (Wildman–Crippen MR) is 77.5 cm³/mol. The first-order valence-corrected chi connectivity index (χ1v) is 7.54. The molecule has 1 amide bonds. The van der Waals surface area contributed by atoms with E-state index in [1.807, 2.05) is 0 Å². The van der Waals surface area contributed by atoms with Crippen LogP contribution in [0.2, 0.25) is 0 Å². The minimum absolute atomic E-state index is 0.102. The smallest absolute Gasteiger partial charge is 0.223 e. The SMILES string of the molecule is CC(C)C1CC[C@@H](C)C[C@H]1C(=O)NC[C@H](N)[C@@H](C)O. The first kappa shape index (κ1) is 16.4. The van der Waals surface area contributed by atoms with Crippen LogP contribution in [-0.2, 0) is 4.79 Å². The van der Waals surface area contributed by atoms with E-state index in [1.165, 1.54) is 6.42 Å². The molecular weight excluding hydrogens is 240 g/mol. The van der Waals surface area contributed by atoms with Crippen LogP contribution in [0.4, 0.5) is 0 Å². The Morgan fingerprint density at radius 2 is 2.00 bits per heavy atom. The summed E-state index contributed by atoms with van der Waals surface area (Å²) in [6.45, 7) is 8.62. The molecule has 5 atom stereocenters. The molecule has 1 saturated carbocycles. The number of nitrogens with two attached hydrogens (primary N) is 1. The average Bonchev–Trinajstić information content (AvgIpc) is 2.34. The van der Waals surface area contributed by atoms with Gasteiger partial charge in [0.2, 0.25) is 5.91 Å². The van der Waals surface area contributed by atoms with Crippen LogP contribution in [0.1, 0.15) is 47.0 Å². The van der Waals surface area contributed by atoms with E-state index in [4.69, 9.17) is 5.73 Å². The van der Waals surface area contributed by atoms with Crippen LogP contribution in [0.5, 0.6) is 0 Å². The summed E-state index contributed by atoms with van der Waals surface area (Å²) in [5, 5.41) is 12.3. The fraction of sp³-hybridized carbons (Fsp3) is 0.933. The molecule has 1 rings (SSSR count). The average molecular weight is 270 g/mol. The molecule has 0 spiro atoms. The molecule has 112 valence electrons. The highest BCUT2D eigenvalue weighted by molar-refractivity contribution is 5.79. The highest BCUT2D eigenvalue weighted by atomic mass is 16.3. The van der Waals surface area contributed by atoms with Crippen molar-refractivity contribution in [1.29, 1.82) is 0 Å². The first-order chi connectivity index (χ1) is 8.82. The Morgan fingerprint density at radius 3 is 2.53 bits per heavy atom. The summed E-state index contributed by atoms with van der Waals surface area (Å²) >= 11 is 0. The standard InChI is InChI=1S/C15H30N2O2/c1-9(2)12-6-5-10(3)7-13(12)15(19)17-8-14(16)11(4)18/h9-14,18H,5-8,16H2,1-4H3,(H,17,19)/t10-,11-,12?,13-,14+/m1/s1. The maximum atomic E-state index is 12.3. The van der Waals surface area contributed by atoms with Gasteiger partial charge in [-0.1, -0.05) is 27.2 Å². The molecule has 0 bridgehead atoms. The van der Waals surface area contributed by atoms with E-state index >= 15 is 0 Å². The number of hydrogen-bond donors (Lipinski definition) is 3. The van der Waals surface area contributed by atoms with Crippen molar-refractivity contribution >= 4 is 5.91 Å². The zero-order chi connectivity index (χ0) is 14.6. The normalized spacial score (nSPS) is 31.0. The zero-order valence-electron chi connectivity index (χ0n) is 12.7. The van der Waals surface area contributed by atoms with Gasteiger partial charge in [-0.25, -0.2) is 0 Å². The number of carbonyl (C=O) groups excluding carboxylic acids is 1. The predicted octanol–water partition coefficient (Wildman–Crippen LogP) is 1.52. The largest absolute Gasteiger partial charge is 0.392 e. The van der Waals surface area contributed by atoms with Crippen LogP contribution in [0.3, 0.4) is 0 Å². The van der Waals surface area contributed by atoms with Gasteiger partial charge < -0.3 is 16.2 Å². The molecule has 1 fully saturated rings. The molecule has 1 aliphatic carbocycles. The fourth-order valence-electron chi connectivity index (χ4n) is 3.02. The third-order valence-electron chi connectivity index (χ3n) is 4.49. The second kappa shape index (κ2) is 7.25. The molecule has 19 heavy (non-hydrogen) atoms. The summed E-state index contributed by atoms with van der Waals surface area (Å²) in [4.78, 5) is 12.3. The lowest BCUT2D eigenvalue weighted by Gasteiger charge is -2.36. The first-order valence-electron chi connectivity index (χ1n) is 7.54. The van der Waals surface area contributed by atoms with Crippen molar-refractivity contribution in [1.82, 2.24) is 5.32 Å². The summed E-state index contributed by atoms with van der Waals surface area (Å²) in [6.07, 6.45) is 2.74. The van der Waals surface area contributed by atoms with Gasteiger partial charge in [-0.15, -0.1) is 0 Å². The quantitative estimate of drug-likeness (QED) is 0.709. The van der Waals surface area contributed by atoms with E-state index in [0.29, 0.717) is 24.3 Å². The lowest BCUT2D eigenvalue weighted by atomic mass is 9.70. The van der Waals surface area contributed by atoms with E-state index in [0.717, 1.165) is 12.8 Å². The third kappa shape index (κ3) is 4.77. The van der Waals surface area contributed by atoms with Crippen molar-refractivity contribution in [2.45, 2.75) is 59.1 Å².